The zero-order valence-electron chi connectivity index (χ0n) is 26.5. The molecule has 230 valence electrons. The summed E-state index contributed by atoms with van der Waals surface area (Å²) < 4.78 is 20.3. The summed E-state index contributed by atoms with van der Waals surface area (Å²) in [4.78, 5) is 2.31. The smallest absolute Gasteiger partial charge is 0.260 e. The number of fused-ring (bicyclic) bond motifs is 10. The Bertz CT molecular complexity index is 2420. The molecule has 49 heavy (non-hydrogen) atoms. The first kappa shape index (κ1) is 26.8. The predicted molar refractivity (Wildman–Crippen MR) is 196 cm³/mol. The third-order valence-electron chi connectivity index (χ3n) is 10.5. The average Bonchev–Trinajstić information content (AvgIpc) is 3.47. The van der Waals surface area contributed by atoms with Gasteiger partial charge in [0.2, 0.25) is 0 Å². The van der Waals surface area contributed by atoms with Crippen molar-refractivity contribution in [3.8, 4) is 45.6 Å². The molecular formula is C44H28BNO3. The summed E-state index contributed by atoms with van der Waals surface area (Å²) in [7, 11) is 0. The molecule has 3 aliphatic heterocycles. The molecule has 3 heterocycles. The van der Waals surface area contributed by atoms with Crippen molar-refractivity contribution in [3.63, 3.8) is 0 Å². The number of hydrogen-bond donors (Lipinski definition) is 0. The maximum atomic E-state index is 6.91. The van der Waals surface area contributed by atoms with E-state index in [2.05, 4.69) is 138 Å². The number of anilines is 3. The lowest BCUT2D eigenvalue weighted by Gasteiger charge is -2.37. The molecule has 0 bridgehead atoms. The van der Waals surface area contributed by atoms with Crippen molar-refractivity contribution in [2.45, 2.75) is 12.3 Å². The first-order valence-electron chi connectivity index (χ1n) is 16.9. The molecule has 1 aliphatic carbocycles. The van der Waals surface area contributed by atoms with Gasteiger partial charge in [0.1, 0.15) is 23.0 Å². The van der Waals surface area contributed by atoms with Gasteiger partial charge in [0.25, 0.3) is 6.71 Å². The van der Waals surface area contributed by atoms with Gasteiger partial charge in [0.15, 0.2) is 11.5 Å². The Kier molecular flexibility index (Phi) is 5.56. The zero-order chi connectivity index (χ0) is 32.1. The van der Waals surface area contributed by atoms with E-state index in [4.69, 9.17) is 14.2 Å². The lowest BCUT2D eigenvalue weighted by Crippen LogP contribution is -2.57. The van der Waals surface area contributed by atoms with Crippen LogP contribution >= 0.6 is 0 Å². The van der Waals surface area contributed by atoms with E-state index < -0.39 is 0 Å². The summed E-state index contributed by atoms with van der Waals surface area (Å²) in [5.41, 5.74) is 12.7. The Morgan fingerprint density at radius 1 is 0.510 bits per heavy atom. The molecule has 0 aromatic heterocycles. The lowest BCUT2D eigenvalue weighted by atomic mass is 9.35. The fourth-order valence-corrected chi connectivity index (χ4v) is 8.46. The second kappa shape index (κ2) is 10.2. The van der Waals surface area contributed by atoms with Gasteiger partial charge in [0, 0.05) is 29.1 Å². The van der Waals surface area contributed by atoms with Crippen molar-refractivity contribution >= 4 is 40.2 Å². The van der Waals surface area contributed by atoms with E-state index in [-0.39, 0.29) is 12.6 Å². The van der Waals surface area contributed by atoms with E-state index in [1.165, 1.54) is 27.8 Å². The van der Waals surface area contributed by atoms with E-state index in [0.29, 0.717) is 0 Å². The normalized spacial score (nSPS) is 15.2. The zero-order valence-corrected chi connectivity index (χ0v) is 26.5. The van der Waals surface area contributed by atoms with Crippen LogP contribution in [0.4, 0.5) is 17.1 Å². The highest BCUT2D eigenvalue weighted by atomic mass is 16.5. The van der Waals surface area contributed by atoms with E-state index in [0.717, 1.165) is 74.4 Å². The van der Waals surface area contributed by atoms with Gasteiger partial charge < -0.3 is 19.1 Å². The van der Waals surface area contributed by atoms with Crippen molar-refractivity contribution in [1.29, 1.82) is 0 Å². The standard InChI is InChI=1S/C44H28BNO3/c1-2-12-27(13-3-1)24-32-29-14-4-5-15-30(29)42-31(32)22-23-36-44(42)49-39-21-11-8-18-35(39)46(36)28-25-40-43-41(26-28)48-38-20-10-7-17-34(38)45(43)33-16-6-9-19-37(33)47-40/h1-23,25-26,32H,24H2. The molecule has 0 spiro atoms. The summed E-state index contributed by atoms with van der Waals surface area (Å²) in [5, 5.41) is 0. The molecule has 0 saturated carbocycles. The van der Waals surface area contributed by atoms with E-state index in [1.54, 1.807) is 0 Å². The molecule has 0 radical (unpaired) electrons. The van der Waals surface area contributed by atoms with Gasteiger partial charge in [-0.3, -0.25) is 0 Å². The van der Waals surface area contributed by atoms with E-state index >= 15 is 0 Å². The SMILES string of the molecule is c1ccc(CC2c3ccccc3-c3c2ccc2c3Oc3ccccc3N2c2cc3c4c(c2)Oc2ccccc2B4c2ccccc2O3)cc1. The number of nitrogens with zero attached hydrogens (tertiary/aromatic N) is 1. The Morgan fingerprint density at radius 3 is 1.90 bits per heavy atom. The molecule has 7 aromatic carbocycles. The number of benzene rings is 7. The highest BCUT2D eigenvalue weighted by molar-refractivity contribution is 6.98. The first-order valence-corrected chi connectivity index (χ1v) is 16.9. The van der Waals surface area contributed by atoms with E-state index in [9.17, 15) is 0 Å². The van der Waals surface area contributed by atoms with Crippen LogP contribution in [0.3, 0.4) is 0 Å². The van der Waals surface area contributed by atoms with Crippen LogP contribution in [0.25, 0.3) is 11.1 Å². The minimum Gasteiger partial charge on any atom is -0.458 e. The predicted octanol–water partition coefficient (Wildman–Crippen LogP) is 9.34. The average molecular weight is 630 g/mol. The molecule has 0 saturated heterocycles. The van der Waals surface area contributed by atoms with Crippen molar-refractivity contribution < 1.29 is 14.2 Å². The molecule has 1 atom stereocenters. The van der Waals surface area contributed by atoms with Crippen LogP contribution in [-0.4, -0.2) is 6.71 Å². The minimum absolute atomic E-state index is 0.0273. The van der Waals surface area contributed by atoms with Crippen LogP contribution in [0.2, 0.25) is 0 Å². The van der Waals surface area contributed by atoms with Crippen LogP contribution in [0.1, 0.15) is 22.6 Å². The van der Waals surface area contributed by atoms with Crippen LogP contribution < -0.4 is 35.5 Å². The van der Waals surface area contributed by atoms with E-state index in [1.807, 2.05) is 18.2 Å². The topological polar surface area (TPSA) is 30.9 Å². The Morgan fingerprint density at radius 2 is 1.14 bits per heavy atom. The molecule has 1 unspecified atom stereocenters. The molecule has 4 nitrogen and oxygen atoms in total. The quantitative estimate of drug-likeness (QED) is 0.182. The first-order chi connectivity index (χ1) is 24.3. The summed E-state index contributed by atoms with van der Waals surface area (Å²) in [5.74, 6) is 5.30. The molecule has 0 fully saturated rings. The number of hydrogen-bond acceptors (Lipinski definition) is 4. The van der Waals surface area contributed by atoms with Crippen molar-refractivity contribution in [2.75, 3.05) is 4.90 Å². The Balaban J connectivity index is 1.12. The molecule has 5 heteroatoms. The third kappa shape index (κ3) is 3.87. The van der Waals surface area contributed by atoms with Gasteiger partial charge >= 0.3 is 0 Å². The fourth-order valence-electron chi connectivity index (χ4n) is 8.46. The lowest BCUT2D eigenvalue weighted by molar-refractivity contribution is 0.464. The van der Waals surface area contributed by atoms with Gasteiger partial charge in [-0.15, -0.1) is 0 Å². The molecule has 0 amide bonds. The molecular weight excluding hydrogens is 601 g/mol. The van der Waals surface area contributed by atoms with Gasteiger partial charge in [-0.2, -0.15) is 0 Å². The van der Waals surface area contributed by atoms with Crippen LogP contribution in [0.5, 0.6) is 34.5 Å². The summed E-state index contributed by atoms with van der Waals surface area (Å²) in [6.07, 6.45) is 0.927. The van der Waals surface area contributed by atoms with Gasteiger partial charge in [-0.05, 0) is 69.9 Å². The summed E-state index contributed by atoms with van der Waals surface area (Å²) in [6.45, 7) is 0.0273. The molecule has 11 rings (SSSR count). The fraction of sp³-hybridized carbons (Fsp3) is 0.0455. The van der Waals surface area contributed by atoms with Crippen molar-refractivity contribution in [2.24, 2.45) is 0 Å². The Hall–Kier alpha value is -6.20. The summed E-state index contributed by atoms with van der Waals surface area (Å²) in [6, 6.07) is 53.5. The molecule has 0 N–H and O–H groups in total. The largest absolute Gasteiger partial charge is 0.458 e. The van der Waals surface area contributed by atoms with Crippen LogP contribution in [-0.2, 0) is 6.42 Å². The maximum absolute atomic E-state index is 6.91. The van der Waals surface area contributed by atoms with Gasteiger partial charge in [0.05, 0.1) is 17.1 Å². The second-order valence-corrected chi connectivity index (χ2v) is 13.2. The Labute approximate surface area is 284 Å². The van der Waals surface area contributed by atoms with Gasteiger partial charge in [-0.1, -0.05) is 109 Å². The van der Waals surface area contributed by atoms with Crippen LogP contribution in [0, 0.1) is 0 Å². The second-order valence-electron chi connectivity index (χ2n) is 13.2. The summed E-state index contributed by atoms with van der Waals surface area (Å²) >= 11 is 0. The highest BCUT2D eigenvalue weighted by Crippen LogP contribution is 2.59. The number of rotatable bonds is 3. The molecule has 4 aliphatic rings. The van der Waals surface area contributed by atoms with Gasteiger partial charge in [-0.25, -0.2) is 0 Å². The maximum Gasteiger partial charge on any atom is 0.260 e. The molecule has 7 aromatic rings. The van der Waals surface area contributed by atoms with Crippen molar-refractivity contribution in [1.82, 2.24) is 0 Å². The monoisotopic (exact) mass is 629 g/mol. The van der Waals surface area contributed by atoms with Crippen molar-refractivity contribution in [3.05, 3.63) is 168 Å². The minimum atomic E-state index is 0.0273. The van der Waals surface area contributed by atoms with Crippen LogP contribution in [0.15, 0.2) is 152 Å². The number of ether oxygens (including phenoxy) is 3. The third-order valence-corrected chi connectivity index (χ3v) is 10.5. The highest BCUT2D eigenvalue weighted by Gasteiger charge is 2.42. The number of para-hydroxylation sites is 4.